The molecule has 0 saturated heterocycles. The molecule has 2 aromatic carbocycles. The first-order chi connectivity index (χ1) is 13.3. The van der Waals surface area contributed by atoms with Gasteiger partial charge in [-0.25, -0.2) is 0 Å². The van der Waals surface area contributed by atoms with Crippen LogP contribution in [0.2, 0.25) is 0 Å². The summed E-state index contributed by atoms with van der Waals surface area (Å²) in [6, 6.07) is 14.9. The van der Waals surface area contributed by atoms with E-state index in [0.717, 1.165) is 34.9 Å². The molecule has 4 nitrogen and oxygen atoms in total. The van der Waals surface area contributed by atoms with Crippen LogP contribution in [0.4, 0.5) is 0 Å². The molecule has 1 aliphatic rings. The van der Waals surface area contributed by atoms with E-state index in [4.69, 9.17) is 9.47 Å². The summed E-state index contributed by atoms with van der Waals surface area (Å²) >= 11 is 0. The van der Waals surface area contributed by atoms with Crippen molar-refractivity contribution >= 4 is 24.9 Å². The fourth-order valence-corrected chi connectivity index (χ4v) is 10.3. The van der Waals surface area contributed by atoms with Crippen molar-refractivity contribution in [1.82, 2.24) is 0 Å². The minimum Gasteiger partial charge on any atom is -0.497 e. The first-order valence-corrected chi connectivity index (χ1v) is 13.9. The summed E-state index contributed by atoms with van der Waals surface area (Å²) in [5.74, 6) is 1.45. The number of allylic oxidation sites excluding steroid dienone is 2. The second-order valence-corrected chi connectivity index (χ2v) is 14.0. The van der Waals surface area contributed by atoms with Crippen LogP contribution in [0.5, 0.6) is 11.5 Å². The maximum Gasteiger partial charge on any atom is 0.147 e. The van der Waals surface area contributed by atoms with Gasteiger partial charge in [0, 0.05) is 21.9 Å². The SMILES string of the molecule is COc1ccc(P(=O)(c2ccc(OC)cc2)[C@@H]2CCC=C[C@H]2P(C)(C)=O)cc1. The average molecular weight is 418 g/mol. The highest BCUT2D eigenvalue weighted by Gasteiger charge is 2.45. The van der Waals surface area contributed by atoms with Gasteiger partial charge in [-0.05, 0) is 74.7 Å². The quantitative estimate of drug-likeness (QED) is 0.503. The lowest BCUT2D eigenvalue weighted by Gasteiger charge is -2.37. The van der Waals surface area contributed by atoms with Crippen LogP contribution in [0.25, 0.3) is 0 Å². The second kappa shape index (κ2) is 8.31. The summed E-state index contributed by atoms with van der Waals surface area (Å²) in [5.41, 5.74) is -0.392. The Bertz CT molecular complexity index is 875. The van der Waals surface area contributed by atoms with Crippen LogP contribution in [0.15, 0.2) is 60.7 Å². The largest absolute Gasteiger partial charge is 0.497 e. The Morgan fingerprint density at radius 3 is 1.68 bits per heavy atom. The number of rotatable bonds is 6. The molecule has 28 heavy (non-hydrogen) atoms. The number of benzene rings is 2. The van der Waals surface area contributed by atoms with E-state index >= 15 is 0 Å². The zero-order chi connectivity index (χ0) is 20.4. The summed E-state index contributed by atoms with van der Waals surface area (Å²) < 4.78 is 38.4. The van der Waals surface area contributed by atoms with Crippen molar-refractivity contribution in [3.63, 3.8) is 0 Å². The Morgan fingerprint density at radius 1 is 0.821 bits per heavy atom. The minimum absolute atomic E-state index is 0.194. The van der Waals surface area contributed by atoms with Crippen molar-refractivity contribution in [3.8, 4) is 11.5 Å². The fourth-order valence-electron chi connectivity index (χ4n) is 3.96. The maximum absolute atomic E-state index is 14.8. The van der Waals surface area contributed by atoms with Gasteiger partial charge in [-0.15, -0.1) is 0 Å². The predicted octanol–water partition coefficient (Wildman–Crippen LogP) is 4.73. The van der Waals surface area contributed by atoms with E-state index in [1.807, 2.05) is 54.6 Å². The molecule has 0 bridgehead atoms. The van der Waals surface area contributed by atoms with Gasteiger partial charge in [-0.1, -0.05) is 12.2 Å². The van der Waals surface area contributed by atoms with E-state index in [0.29, 0.717) is 0 Å². The Hall–Kier alpha value is -1.76. The fraction of sp³-hybridized carbons (Fsp3) is 0.364. The van der Waals surface area contributed by atoms with E-state index in [1.54, 1.807) is 27.5 Å². The van der Waals surface area contributed by atoms with Gasteiger partial charge in [0.15, 0.2) is 0 Å². The van der Waals surface area contributed by atoms with E-state index in [2.05, 4.69) is 6.08 Å². The van der Waals surface area contributed by atoms with E-state index < -0.39 is 14.3 Å². The lowest BCUT2D eigenvalue weighted by Crippen LogP contribution is -2.35. The molecule has 0 aromatic heterocycles. The topological polar surface area (TPSA) is 52.6 Å². The molecule has 0 spiro atoms. The van der Waals surface area contributed by atoms with Crippen LogP contribution in [0.3, 0.4) is 0 Å². The maximum atomic E-state index is 14.8. The summed E-state index contributed by atoms with van der Waals surface area (Å²) in [6.45, 7) is 3.60. The van der Waals surface area contributed by atoms with Gasteiger partial charge in [0.1, 0.15) is 18.6 Å². The van der Waals surface area contributed by atoms with Gasteiger partial charge in [0.05, 0.1) is 21.4 Å². The highest BCUT2D eigenvalue weighted by atomic mass is 31.2. The van der Waals surface area contributed by atoms with Crippen molar-refractivity contribution in [2.75, 3.05) is 27.5 Å². The molecule has 6 heteroatoms. The standard InChI is InChI=1S/C22H28O4P2/c1-25-17-9-13-19(14-10-17)28(24,20-15-11-18(26-2)12-16-20)22-8-6-5-7-21(22)27(3,4)23/h5,7,9-16,21-22H,6,8H2,1-4H3/t21-,22-/m1/s1. The zero-order valence-corrected chi connectivity index (χ0v) is 18.7. The molecule has 150 valence electrons. The highest BCUT2D eigenvalue weighted by molar-refractivity contribution is 7.80. The van der Waals surface area contributed by atoms with E-state index in [9.17, 15) is 9.13 Å². The third-order valence-electron chi connectivity index (χ3n) is 5.45. The van der Waals surface area contributed by atoms with Crippen LogP contribution in [-0.2, 0) is 9.13 Å². The summed E-state index contributed by atoms with van der Waals surface area (Å²) in [7, 11) is -2.29. The van der Waals surface area contributed by atoms with Gasteiger partial charge in [-0.2, -0.15) is 0 Å². The zero-order valence-electron chi connectivity index (χ0n) is 16.9. The first-order valence-electron chi connectivity index (χ1n) is 9.41. The molecular formula is C22H28O4P2. The van der Waals surface area contributed by atoms with Crippen molar-refractivity contribution in [3.05, 3.63) is 60.7 Å². The Labute approximate surface area is 167 Å². The molecule has 0 saturated carbocycles. The lowest BCUT2D eigenvalue weighted by atomic mass is 10.1. The highest BCUT2D eigenvalue weighted by Crippen LogP contribution is 2.60. The van der Waals surface area contributed by atoms with Crippen molar-refractivity contribution in [2.45, 2.75) is 24.2 Å². The molecular weight excluding hydrogens is 390 g/mol. The normalized spacial score (nSPS) is 20.0. The smallest absolute Gasteiger partial charge is 0.147 e. The molecule has 0 N–H and O–H groups in total. The monoisotopic (exact) mass is 418 g/mol. The molecule has 2 atom stereocenters. The third-order valence-corrected chi connectivity index (χ3v) is 11.3. The van der Waals surface area contributed by atoms with Crippen LogP contribution in [0.1, 0.15) is 12.8 Å². The van der Waals surface area contributed by atoms with Crippen LogP contribution in [0, 0.1) is 0 Å². The van der Waals surface area contributed by atoms with Gasteiger partial charge in [0.25, 0.3) is 0 Å². The predicted molar refractivity (Wildman–Crippen MR) is 118 cm³/mol. The van der Waals surface area contributed by atoms with Gasteiger partial charge < -0.3 is 18.6 Å². The summed E-state index contributed by atoms with van der Waals surface area (Å²) in [4.78, 5) is 0. The number of methoxy groups -OCH3 is 2. The molecule has 0 radical (unpaired) electrons. The van der Waals surface area contributed by atoms with Gasteiger partial charge >= 0.3 is 0 Å². The lowest BCUT2D eigenvalue weighted by molar-refractivity contribution is 0.415. The van der Waals surface area contributed by atoms with Crippen LogP contribution < -0.4 is 20.1 Å². The van der Waals surface area contributed by atoms with Crippen LogP contribution >= 0.6 is 14.3 Å². The molecule has 0 aliphatic heterocycles. The second-order valence-electron chi connectivity index (χ2n) is 7.55. The van der Waals surface area contributed by atoms with Crippen molar-refractivity contribution in [1.29, 1.82) is 0 Å². The Morgan fingerprint density at radius 2 is 1.29 bits per heavy atom. The molecule has 1 aliphatic carbocycles. The molecule has 0 fully saturated rings. The van der Waals surface area contributed by atoms with E-state index in [-0.39, 0.29) is 11.3 Å². The molecule has 2 aromatic rings. The minimum atomic E-state index is -3.05. The van der Waals surface area contributed by atoms with Crippen LogP contribution in [-0.4, -0.2) is 38.9 Å². The van der Waals surface area contributed by atoms with Gasteiger partial charge in [0.2, 0.25) is 0 Å². The summed E-state index contributed by atoms with van der Waals surface area (Å²) in [6.07, 6.45) is 5.70. The Balaban J connectivity index is 2.19. The number of ether oxygens (including phenoxy) is 2. The number of hydrogen-bond donors (Lipinski definition) is 0. The summed E-state index contributed by atoms with van der Waals surface area (Å²) in [5, 5.41) is 1.55. The Kier molecular flexibility index (Phi) is 6.22. The first kappa shape index (κ1) is 21.0. The number of hydrogen-bond acceptors (Lipinski definition) is 4. The van der Waals surface area contributed by atoms with E-state index in [1.165, 1.54) is 0 Å². The third kappa shape index (κ3) is 4.00. The molecule has 0 unspecified atom stereocenters. The average Bonchev–Trinajstić information content (AvgIpc) is 2.72. The molecule has 3 rings (SSSR count). The molecule has 0 heterocycles. The van der Waals surface area contributed by atoms with Crippen molar-refractivity contribution in [2.24, 2.45) is 0 Å². The van der Waals surface area contributed by atoms with Crippen molar-refractivity contribution < 1.29 is 18.6 Å². The van der Waals surface area contributed by atoms with Gasteiger partial charge in [-0.3, -0.25) is 0 Å². The molecule has 0 amide bonds.